The van der Waals surface area contributed by atoms with E-state index in [9.17, 15) is 13.2 Å². The normalized spacial score (nSPS) is 12.0. The molecule has 0 unspecified atom stereocenters. The molecule has 2 aromatic rings. The summed E-state index contributed by atoms with van der Waals surface area (Å²) in [5.74, 6) is 0.382. The Morgan fingerprint density at radius 1 is 1.15 bits per heavy atom. The predicted molar refractivity (Wildman–Crippen MR) is 101 cm³/mol. The van der Waals surface area contributed by atoms with Gasteiger partial charge in [0.2, 0.25) is 15.9 Å². The SMILES string of the molecule is CCC(CC)NC(=O)/C=C/c1ccc(S(=O)(=O)NCc2ccco2)cc1. The van der Waals surface area contributed by atoms with E-state index in [1.165, 1.54) is 24.5 Å². The van der Waals surface area contributed by atoms with Gasteiger partial charge in [0.05, 0.1) is 17.7 Å². The molecule has 0 saturated heterocycles. The van der Waals surface area contributed by atoms with Gasteiger partial charge in [0.25, 0.3) is 0 Å². The molecular formula is C19H24N2O4S. The summed E-state index contributed by atoms with van der Waals surface area (Å²) in [4.78, 5) is 12.0. The molecule has 0 aliphatic carbocycles. The second-order valence-corrected chi connectivity index (χ2v) is 7.60. The van der Waals surface area contributed by atoms with Crippen LogP contribution in [0, 0.1) is 0 Å². The molecule has 2 N–H and O–H groups in total. The molecule has 0 bridgehead atoms. The van der Waals surface area contributed by atoms with Crippen molar-refractivity contribution in [1.82, 2.24) is 10.0 Å². The van der Waals surface area contributed by atoms with Crippen molar-refractivity contribution in [2.45, 2.75) is 44.2 Å². The van der Waals surface area contributed by atoms with Gasteiger partial charge in [0.1, 0.15) is 5.76 Å². The van der Waals surface area contributed by atoms with Crippen LogP contribution < -0.4 is 10.0 Å². The van der Waals surface area contributed by atoms with Gasteiger partial charge in [0, 0.05) is 12.1 Å². The van der Waals surface area contributed by atoms with Crippen LogP contribution in [0.1, 0.15) is 38.0 Å². The summed E-state index contributed by atoms with van der Waals surface area (Å²) in [7, 11) is -3.62. The highest BCUT2D eigenvalue weighted by atomic mass is 32.2. The Hall–Kier alpha value is -2.38. The van der Waals surface area contributed by atoms with Gasteiger partial charge in [-0.3, -0.25) is 4.79 Å². The summed E-state index contributed by atoms with van der Waals surface area (Å²) in [6.07, 6.45) is 6.37. The molecule has 1 heterocycles. The summed E-state index contributed by atoms with van der Waals surface area (Å²) < 4.78 is 32.1. The highest BCUT2D eigenvalue weighted by molar-refractivity contribution is 7.89. The van der Waals surface area contributed by atoms with Crippen LogP contribution in [0.4, 0.5) is 0 Å². The van der Waals surface area contributed by atoms with Gasteiger partial charge in [-0.2, -0.15) is 0 Å². The van der Waals surface area contributed by atoms with E-state index in [1.54, 1.807) is 30.3 Å². The van der Waals surface area contributed by atoms with Crippen molar-refractivity contribution < 1.29 is 17.6 Å². The largest absolute Gasteiger partial charge is 0.468 e. The lowest BCUT2D eigenvalue weighted by Gasteiger charge is -2.12. The van der Waals surface area contributed by atoms with Crippen molar-refractivity contribution in [2.24, 2.45) is 0 Å². The molecule has 6 nitrogen and oxygen atoms in total. The first-order chi connectivity index (χ1) is 12.4. The van der Waals surface area contributed by atoms with Crippen LogP contribution in [0.2, 0.25) is 0 Å². The predicted octanol–water partition coefficient (Wildman–Crippen LogP) is 3.08. The average molecular weight is 376 g/mol. The fourth-order valence-corrected chi connectivity index (χ4v) is 3.33. The number of nitrogens with one attached hydrogen (secondary N) is 2. The average Bonchev–Trinajstić information content (AvgIpc) is 3.17. The van der Waals surface area contributed by atoms with E-state index in [-0.39, 0.29) is 23.4 Å². The topological polar surface area (TPSA) is 88.4 Å². The Morgan fingerprint density at radius 2 is 1.85 bits per heavy atom. The fraction of sp³-hybridized carbons (Fsp3) is 0.316. The van der Waals surface area contributed by atoms with Crippen molar-refractivity contribution >= 4 is 22.0 Å². The maximum Gasteiger partial charge on any atom is 0.244 e. The van der Waals surface area contributed by atoms with Crippen molar-refractivity contribution in [3.8, 4) is 0 Å². The van der Waals surface area contributed by atoms with E-state index in [4.69, 9.17) is 4.42 Å². The number of hydrogen-bond donors (Lipinski definition) is 2. The lowest BCUT2D eigenvalue weighted by atomic mass is 10.1. The number of hydrogen-bond acceptors (Lipinski definition) is 4. The highest BCUT2D eigenvalue weighted by Gasteiger charge is 2.14. The smallest absolute Gasteiger partial charge is 0.244 e. The van der Waals surface area contributed by atoms with Gasteiger partial charge < -0.3 is 9.73 Å². The summed E-state index contributed by atoms with van der Waals surface area (Å²) in [6, 6.07) is 9.88. The molecule has 0 saturated carbocycles. The third-order valence-electron chi connectivity index (χ3n) is 3.97. The minimum atomic E-state index is -3.62. The zero-order chi connectivity index (χ0) is 19.0. The van der Waals surface area contributed by atoms with Crippen molar-refractivity contribution in [3.05, 3.63) is 60.1 Å². The lowest BCUT2D eigenvalue weighted by molar-refractivity contribution is -0.117. The standard InChI is InChI=1S/C19H24N2O4S/c1-3-16(4-2)21-19(22)12-9-15-7-10-18(11-8-15)26(23,24)20-14-17-6-5-13-25-17/h5-13,16,20H,3-4,14H2,1-2H3,(H,21,22)/b12-9+. The maximum atomic E-state index is 12.3. The number of sulfonamides is 1. The monoisotopic (exact) mass is 376 g/mol. The second kappa shape index (κ2) is 9.35. The lowest BCUT2D eigenvalue weighted by Crippen LogP contribution is -2.32. The highest BCUT2D eigenvalue weighted by Crippen LogP contribution is 2.12. The van der Waals surface area contributed by atoms with E-state index < -0.39 is 10.0 Å². The van der Waals surface area contributed by atoms with Gasteiger partial charge >= 0.3 is 0 Å². The first kappa shape index (κ1) is 19.9. The molecule has 26 heavy (non-hydrogen) atoms. The molecule has 2 rings (SSSR count). The van der Waals surface area contributed by atoms with E-state index in [0.29, 0.717) is 5.76 Å². The Morgan fingerprint density at radius 3 is 2.42 bits per heavy atom. The first-order valence-corrected chi connectivity index (χ1v) is 10.0. The first-order valence-electron chi connectivity index (χ1n) is 8.55. The zero-order valence-corrected chi connectivity index (χ0v) is 15.8. The Kier molecular flexibility index (Phi) is 7.17. The van der Waals surface area contributed by atoms with E-state index >= 15 is 0 Å². The van der Waals surface area contributed by atoms with Crippen molar-refractivity contribution in [3.63, 3.8) is 0 Å². The van der Waals surface area contributed by atoms with Gasteiger partial charge in [-0.25, -0.2) is 13.1 Å². The molecule has 0 aliphatic rings. The molecule has 7 heteroatoms. The van der Waals surface area contributed by atoms with Crippen LogP contribution in [-0.2, 0) is 21.4 Å². The maximum absolute atomic E-state index is 12.3. The summed E-state index contributed by atoms with van der Waals surface area (Å²) in [5, 5.41) is 2.91. The Balaban J connectivity index is 1.96. The molecule has 0 spiro atoms. The van der Waals surface area contributed by atoms with Gasteiger partial charge in [-0.1, -0.05) is 26.0 Å². The molecular weight excluding hydrogens is 352 g/mol. The molecule has 0 atom stereocenters. The number of carbonyl (C=O) groups is 1. The minimum Gasteiger partial charge on any atom is -0.468 e. The minimum absolute atomic E-state index is 0.0905. The van der Waals surface area contributed by atoms with Crippen molar-refractivity contribution in [1.29, 1.82) is 0 Å². The van der Waals surface area contributed by atoms with Crippen LogP contribution >= 0.6 is 0 Å². The quantitative estimate of drug-likeness (QED) is 0.658. The van der Waals surface area contributed by atoms with Gasteiger partial charge in [0.15, 0.2) is 0 Å². The van der Waals surface area contributed by atoms with Crippen LogP contribution in [0.5, 0.6) is 0 Å². The van der Waals surface area contributed by atoms with Crippen LogP contribution in [-0.4, -0.2) is 20.4 Å². The summed E-state index contributed by atoms with van der Waals surface area (Å²) in [5.41, 5.74) is 0.745. The molecule has 1 aromatic heterocycles. The molecule has 140 valence electrons. The molecule has 0 fully saturated rings. The van der Waals surface area contributed by atoms with E-state index in [1.807, 2.05) is 13.8 Å². The third kappa shape index (κ3) is 5.86. The number of amides is 1. The number of benzene rings is 1. The van der Waals surface area contributed by atoms with Gasteiger partial charge in [-0.05, 0) is 48.7 Å². The Labute approximate surface area is 154 Å². The zero-order valence-electron chi connectivity index (χ0n) is 14.9. The Bertz CT molecular complexity index is 821. The number of rotatable bonds is 9. The van der Waals surface area contributed by atoms with Crippen LogP contribution in [0.3, 0.4) is 0 Å². The number of carbonyl (C=O) groups excluding carboxylic acids is 1. The van der Waals surface area contributed by atoms with E-state index in [2.05, 4.69) is 10.0 Å². The van der Waals surface area contributed by atoms with Crippen LogP contribution in [0.15, 0.2) is 58.1 Å². The summed E-state index contributed by atoms with van der Waals surface area (Å²) in [6.45, 7) is 4.14. The third-order valence-corrected chi connectivity index (χ3v) is 5.38. The molecule has 1 amide bonds. The van der Waals surface area contributed by atoms with Crippen LogP contribution in [0.25, 0.3) is 6.08 Å². The fourth-order valence-electron chi connectivity index (χ4n) is 2.33. The molecule has 1 aromatic carbocycles. The molecule has 0 aliphatic heterocycles. The van der Waals surface area contributed by atoms with Crippen molar-refractivity contribution in [2.75, 3.05) is 0 Å². The second-order valence-electron chi connectivity index (χ2n) is 5.83. The van der Waals surface area contributed by atoms with Gasteiger partial charge in [-0.15, -0.1) is 0 Å². The van der Waals surface area contributed by atoms with E-state index in [0.717, 1.165) is 18.4 Å². The summed E-state index contributed by atoms with van der Waals surface area (Å²) >= 11 is 0. The molecule has 0 radical (unpaired) electrons. The number of furan rings is 1.